The van der Waals surface area contributed by atoms with E-state index in [2.05, 4.69) is 0 Å². The Morgan fingerprint density at radius 1 is 1.64 bits per heavy atom. The van der Waals surface area contributed by atoms with Gasteiger partial charge in [-0.25, -0.2) is 9.18 Å². The van der Waals surface area contributed by atoms with Crippen LogP contribution in [0.1, 0.15) is 21.5 Å². The van der Waals surface area contributed by atoms with Gasteiger partial charge in [-0.1, -0.05) is 0 Å². The van der Waals surface area contributed by atoms with Gasteiger partial charge in [0.25, 0.3) is 0 Å². The largest absolute Gasteiger partial charge is 0.478 e. The number of aromatic carboxylic acids is 1. The third kappa shape index (κ3) is 1.68. The van der Waals surface area contributed by atoms with Gasteiger partial charge in [0, 0.05) is 11.4 Å². The molecule has 0 aliphatic rings. The van der Waals surface area contributed by atoms with Gasteiger partial charge in [0.15, 0.2) is 0 Å². The minimum Gasteiger partial charge on any atom is -0.478 e. The average molecular weight is 214 g/mol. The summed E-state index contributed by atoms with van der Waals surface area (Å²) in [6, 6.07) is 3.90. The minimum atomic E-state index is -1.42. The second-order valence-corrected chi connectivity index (χ2v) is 2.77. The van der Waals surface area contributed by atoms with Gasteiger partial charge in [0.1, 0.15) is 11.4 Å². The van der Waals surface area contributed by atoms with Crippen molar-refractivity contribution < 1.29 is 14.3 Å². The standard InChI is InChI=1S/C9H5ClFNO2/c10-3-6-5(4-12)1-2-7(11)8(6)9(13)14/h1-2H,3H2,(H,13,14). The van der Waals surface area contributed by atoms with Gasteiger partial charge in [-0.2, -0.15) is 5.26 Å². The van der Waals surface area contributed by atoms with Crippen LogP contribution in [0.3, 0.4) is 0 Å². The molecular weight excluding hydrogens is 209 g/mol. The fourth-order valence-electron chi connectivity index (χ4n) is 1.09. The molecule has 1 aromatic carbocycles. The highest BCUT2D eigenvalue weighted by atomic mass is 35.5. The Hall–Kier alpha value is -1.60. The van der Waals surface area contributed by atoms with E-state index in [9.17, 15) is 9.18 Å². The average Bonchev–Trinajstić information content (AvgIpc) is 2.16. The van der Waals surface area contributed by atoms with Gasteiger partial charge in [0.05, 0.1) is 11.6 Å². The summed E-state index contributed by atoms with van der Waals surface area (Å²) in [6.45, 7) is 0. The third-order valence-electron chi connectivity index (χ3n) is 1.73. The van der Waals surface area contributed by atoms with Gasteiger partial charge < -0.3 is 5.11 Å². The SMILES string of the molecule is N#Cc1ccc(F)c(C(=O)O)c1CCl. The highest BCUT2D eigenvalue weighted by Crippen LogP contribution is 2.20. The topological polar surface area (TPSA) is 61.1 Å². The lowest BCUT2D eigenvalue weighted by Gasteiger charge is -2.05. The van der Waals surface area contributed by atoms with Crippen LogP contribution >= 0.6 is 11.6 Å². The molecule has 72 valence electrons. The molecular formula is C9H5ClFNO2. The van der Waals surface area contributed by atoms with Crippen LogP contribution in [0.15, 0.2) is 12.1 Å². The van der Waals surface area contributed by atoms with E-state index in [0.717, 1.165) is 6.07 Å². The van der Waals surface area contributed by atoms with E-state index in [1.807, 2.05) is 0 Å². The van der Waals surface area contributed by atoms with Crippen molar-refractivity contribution in [3.05, 3.63) is 34.6 Å². The molecule has 14 heavy (non-hydrogen) atoms. The lowest BCUT2D eigenvalue weighted by atomic mass is 10.0. The first-order chi connectivity index (χ1) is 6.61. The van der Waals surface area contributed by atoms with E-state index < -0.39 is 17.3 Å². The van der Waals surface area contributed by atoms with Crippen molar-refractivity contribution in [3.63, 3.8) is 0 Å². The fraction of sp³-hybridized carbons (Fsp3) is 0.111. The summed E-state index contributed by atoms with van der Waals surface area (Å²) in [4.78, 5) is 10.7. The molecule has 5 heteroatoms. The van der Waals surface area contributed by atoms with Crippen molar-refractivity contribution in [3.8, 4) is 6.07 Å². The zero-order chi connectivity index (χ0) is 10.7. The van der Waals surface area contributed by atoms with Crippen LogP contribution in [0.5, 0.6) is 0 Å². The molecule has 0 atom stereocenters. The lowest BCUT2D eigenvalue weighted by Crippen LogP contribution is -2.06. The summed E-state index contributed by atoms with van der Waals surface area (Å²) in [7, 11) is 0. The van der Waals surface area contributed by atoms with E-state index in [4.69, 9.17) is 22.0 Å². The van der Waals surface area contributed by atoms with Gasteiger partial charge in [-0.05, 0) is 12.1 Å². The molecule has 0 saturated heterocycles. The molecule has 0 aliphatic heterocycles. The van der Waals surface area contributed by atoms with Crippen LogP contribution in [-0.4, -0.2) is 11.1 Å². The van der Waals surface area contributed by atoms with E-state index >= 15 is 0 Å². The predicted octanol–water partition coefficient (Wildman–Crippen LogP) is 2.13. The summed E-state index contributed by atoms with van der Waals surface area (Å²) >= 11 is 5.45. The summed E-state index contributed by atoms with van der Waals surface area (Å²) in [5, 5.41) is 17.3. The molecule has 1 N–H and O–H groups in total. The first kappa shape index (κ1) is 10.5. The first-order valence-electron chi connectivity index (χ1n) is 3.62. The first-order valence-corrected chi connectivity index (χ1v) is 4.16. The van der Waals surface area contributed by atoms with E-state index in [1.54, 1.807) is 6.07 Å². The Balaban J connectivity index is 3.53. The number of carboxylic acid groups (broad SMARTS) is 1. The molecule has 0 saturated carbocycles. The van der Waals surface area contributed by atoms with Gasteiger partial charge in [-0.3, -0.25) is 0 Å². The third-order valence-corrected chi connectivity index (χ3v) is 2.00. The Bertz CT molecular complexity index is 426. The predicted molar refractivity (Wildman–Crippen MR) is 47.6 cm³/mol. The van der Waals surface area contributed by atoms with E-state index in [0.29, 0.717) is 0 Å². The van der Waals surface area contributed by atoms with Crippen LogP contribution in [0.25, 0.3) is 0 Å². The van der Waals surface area contributed by atoms with Crippen LogP contribution in [0.2, 0.25) is 0 Å². The maximum Gasteiger partial charge on any atom is 0.339 e. The van der Waals surface area contributed by atoms with Crippen molar-refractivity contribution in [2.24, 2.45) is 0 Å². The summed E-state index contributed by atoms with van der Waals surface area (Å²) in [5.74, 6) is -2.51. The zero-order valence-electron chi connectivity index (χ0n) is 6.92. The van der Waals surface area contributed by atoms with Gasteiger partial charge in [-0.15, -0.1) is 11.6 Å². The number of carbonyl (C=O) groups is 1. The smallest absolute Gasteiger partial charge is 0.339 e. The maximum absolute atomic E-state index is 13.1. The van der Waals surface area contributed by atoms with E-state index in [1.165, 1.54) is 6.07 Å². The summed E-state index contributed by atoms with van der Waals surface area (Å²) in [6.07, 6.45) is 0. The Kier molecular flexibility index (Phi) is 3.05. The molecule has 1 aromatic rings. The monoisotopic (exact) mass is 213 g/mol. The molecule has 3 nitrogen and oxygen atoms in total. The molecule has 0 unspecified atom stereocenters. The number of hydrogen-bond donors (Lipinski definition) is 1. The minimum absolute atomic E-state index is 0.0154. The van der Waals surface area contributed by atoms with E-state index in [-0.39, 0.29) is 17.0 Å². The van der Waals surface area contributed by atoms with Crippen molar-refractivity contribution in [1.29, 1.82) is 5.26 Å². The maximum atomic E-state index is 13.1. The Morgan fingerprint density at radius 3 is 2.71 bits per heavy atom. The molecule has 0 spiro atoms. The number of hydrogen-bond acceptors (Lipinski definition) is 2. The van der Waals surface area contributed by atoms with Crippen LogP contribution in [0, 0.1) is 17.1 Å². The molecule has 0 aromatic heterocycles. The molecule has 0 bridgehead atoms. The van der Waals surface area contributed by atoms with Crippen LogP contribution < -0.4 is 0 Å². The molecule has 0 amide bonds. The number of nitriles is 1. The molecule has 0 fully saturated rings. The van der Waals surface area contributed by atoms with Crippen molar-refractivity contribution in [2.45, 2.75) is 5.88 Å². The number of benzene rings is 1. The molecule has 0 radical (unpaired) electrons. The quantitative estimate of drug-likeness (QED) is 0.766. The zero-order valence-corrected chi connectivity index (χ0v) is 7.68. The number of rotatable bonds is 2. The fourth-order valence-corrected chi connectivity index (χ4v) is 1.37. The second-order valence-electron chi connectivity index (χ2n) is 2.50. The van der Waals surface area contributed by atoms with Gasteiger partial charge in [0.2, 0.25) is 0 Å². The summed E-state index contributed by atoms with van der Waals surface area (Å²) < 4.78 is 13.1. The highest BCUT2D eigenvalue weighted by Gasteiger charge is 2.18. The number of alkyl halides is 1. The van der Waals surface area contributed by atoms with Crippen molar-refractivity contribution in [2.75, 3.05) is 0 Å². The Labute approximate surface area is 84.3 Å². The lowest BCUT2D eigenvalue weighted by molar-refractivity contribution is 0.0691. The second kappa shape index (κ2) is 4.07. The van der Waals surface area contributed by atoms with Crippen LogP contribution in [0.4, 0.5) is 4.39 Å². The van der Waals surface area contributed by atoms with Gasteiger partial charge >= 0.3 is 5.97 Å². The molecule has 0 heterocycles. The van der Waals surface area contributed by atoms with Crippen molar-refractivity contribution >= 4 is 17.6 Å². The molecule has 1 rings (SSSR count). The molecule has 0 aliphatic carbocycles. The van der Waals surface area contributed by atoms with Crippen molar-refractivity contribution in [1.82, 2.24) is 0 Å². The van der Waals surface area contributed by atoms with Crippen LogP contribution in [-0.2, 0) is 5.88 Å². The number of halogens is 2. The summed E-state index contributed by atoms with van der Waals surface area (Å²) in [5.41, 5.74) is -0.431. The number of nitrogens with zero attached hydrogens (tertiary/aromatic N) is 1. The number of carboxylic acids is 1. The Morgan fingerprint density at radius 2 is 2.29 bits per heavy atom. The highest BCUT2D eigenvalue weighted by molar-refractivity contribution is 6.17. The normalized spacial score (nSPS) is 9.50.